The van der Waals surface area contributed by atoms with Crippen LogP contribution in [0.4, 0.5) is 0 Å². The highest BCUT2D eigenvalue weighted by Crippen LogP contribution is 2.53. The van der Waals surface area contributed by atoms with E-state index < -0.39 is 0 Å². The second kappa shape index (κ2) is 4.77. The van der Waals surface area contributed by atoms with Crippen molar-refractivity contribution < 1.29 is 9.53 Å². The summed E-state index contributed by atoms with van der Waals surface area (Å²) in [6, 6.07) is 0. The summed E-state index contributed by atoms with van der Waals surface area (Å²) in [5.41, 5.74) is 0.384. The molecular weight excluding hydrogens is 200 g/mol. The Morgan fingerprint density at radius 3 is 2.50 bits per heavy atom. The molecule has 16 heavy (non-hydrogen) atoms. The van der Waals surface area contributed by atoms with E-state index in [0.717, 1.165) is 0 Å². The van der Waals surface area contributed by atoms with Crippen molar-refractivity contribution >= 4 is 5.97 Å². The molecule has 0 aliphatic heterocycles. The van der Waals surface area contributed by atoms with Crippen LogP contribution in [0.25, 0.3) is 0 Å². The van der Waals surface area contributed by atoms with E-state index in [4.69, 9.17) is 4.74 Å². The average Bonchev–Trinajstić information content (AvgIpc) is 2.22. The third-order valence-corrected chi connectivity index (χ3v) is 4.89. The van der Waals surface area contributed by atoms with Crippen LogP contribution in [0.1, 0.15) is 60.3 Å². The molecule has 2 heteroatoms. The molecule has 94 valence electrons. The summed E-state index contributed by atoms with van der Waals surface area (Å²) in [6.07, 6.45) is 4.26. The fourth-order valence-corrected chi connectivity index (χ4v) is 2.79. The monoisotopic (exact) mass is 226 g/mol. The molecule has 0 aromatic carbocycles. The molecular formula is C14H26O2. The van der Waals surface area contributed by atoms with Gasteiger partial charge in [0.25, 0.3) is 0 Å². The maximum Gasteiger partial charge on any atom is 0.305 e. The van der Waals surface area contributed by atoms with Gasteiger partial charge in [0.05, 0.1) is 6.61 Å². The molecule has 0 heterocycles. The molecule has 0 spiro atoms. The van der Waals surface area contributed by atoms with Gasteiger partial charge in [-0.25, -0.2) is 0 Å². The minimum Gasteiger partial charge on any atom is -0.465 e. The Hall–Kier alpha value is -0.530. The molecule has 0 radical (unpaired) electrons. The number of hydrogen-bond donors (Lipinski definition) is 0. The van der Waals surface area contributed by atoms with E-state index in [2.05, 4.69) is 27.7 Å². The zero-order chi connectivity index (χ0) is 12.4. The smallest absolute Gasteiger partial charge is 0.305 e. The van der Waals surface area contributed by atoms with Crippen molar-refractivity contribution in [3.8, 4) is 0 Å². The maximum atomic E-state index is 11.3. The lowest BCUT2D eigenvalue weighted by Crippen LogP contribution is -2.47. The van der Waals surface area contributed by atoms with E-state index >= 15 is 0 Å². The van der Waals surface area contributed by atoms with Crippen LogP contribution in [-0.2, 0) is 9.53 Å². The molecule has 2 unspecified atom stereocenters. The second-order valence-corrected chi connectivity index (χ2v) is 6.11. The third-order valence-electron chi connectivity index (χ3n) is 4.89. The first-order valence-corrected chi connectivity index (χ1v) is 6.49. The summed E-state index contributed by atoms with van der Waals surface area (Å²) in [5, 5.41) is 0. The predicted octanol–water partition coefficient (Wildman–Crippen LogP) is 3.79. The Labute approximate surface area is 99.8 Å². The van der Waals surface area contributed by atoms with Crippen LogP contribution >= 0.6 is 0 Å². The van der Waals surface area contributed by atoms with Crippen molar-refractivity contribution in [2.45, 2.75) is 60.3 Å². The minimum atomic E-state index is -0.0743. The zero-order valence-electron chi connectivity index (χ0n) is 11.4. The van der Waals surface area contributed by atoms with Crippen LogP contribution in [0.2, 0.25) is 0 Å². The van der Waals surface area contributed by atoms with Gasteiger partial charge in [-0.15, -0.1) is 0 Å². The van der Waals surface area contributed by atoms with Crippen molar-refractivity contribution in [1.82, 2.24) is 0 Å². The Kier molecular flexibility index (Phi) is 4.03. The minimum absolute atomic E-state index is 0.0743. The number of hydrogen-bond acceptors (Lipinski definition) is 2. The van der Waals surface area contributed by atoms with Crippen LogP contribution in [-0.4, -0.2) is 12.6 Å². The van der Waals surface area contributed by atoms with Gasteiger partial charge in [0.15, 0.2) is 0 Å². The molecule has 0 aromatic rings. The van der Waals surface area contributed by atoms with Crippen molar-refractivity contribution in [2.24, 2.45) is 16.7 Å². The fraction of sp³-hybridized carbons (Fsp3) is 0.929. The van der Waals surface area contributed by atoms with Crippen LogP contribution in [0, 0.1) is 16.7 Å². The van der Waals surface area contributed by atoms with Gasteiger partial charge in [-0.05, 0) is 17.8 Å². The van der Waals surface area contributed by atoms with Crippen molar-refractivity contribution in [3.05, 3.63) is 0 Å². The molecule has 0 N–H and O–H groups in total. The topological polar surface area (TPSA) is 26.3 Å². The van der Waals surface area contributed by atoms with E-state index in [-0.39, 0.29) is 16.8 Å². The van der Waals surface area contributed by atoms with Gasteiger partial charge >= 0.3 is 5.97 Å². The molecule has 1 aliphatic carbocycles. The summed E-state index contributed by atoms with van der Waals surface area (Å²) < 4.78 is 5.40. The molecule has 0 aromatic heterocycles. The number of carbonyl (C=O) groups excluding carboxylic acids is 1. The molecule has 1 saturated carbocycles. The van der Waals surface area contributed by atoms with Crippen LogP contribution in [0.15, 0.2) is 0 Å². The first-order valence-electron chi connectivity index (χ1n) is 6.49. The molecule has 1 aliphatic rings. The second-order valence-electron chi connectivity index (χ2n) is 6.11. The van der Waals surface area contributed by atoms with Gasteiger partial charge in [0.2, 0.25) is 0 Å². The number of esters is 1. The van der Waals surface area contributed by atoms with Crippen molar-refractivity contribution in [1.29, 1.82) is 0 Å². The van der Waals surface area contributed by atoms with Crippen molar-refractivity contribution in [2.75, 3.05) is 6.61 Å². The lowest BCUT2D eigenvalue weighted by atomic mass is 9.54. The van der Waals surface area contributed by atoms with Gasteiger partial charge in [-0.1, -0.05) is 47.5 Å². The predicted molar refractivity (Wildman–Crippen MR) is 66.2 cm³/mol. The first kappa shape index (κ1) is 13.5. The summed E-state index contributed by atoms with van der Waals surface area (Å²) in [7, 11) is 0. The van der Waals surface area contributed by atoms with Gasteiger partial charge in [0, 0.05) is 11.8 Å². The molecule has 1 fully saturated rings. The number of rotatable bonds is 3. The highest BCUT2D eigenvalue weighted by molar-refractivity contribution is 5.68. The Balaban J connectivity index is 2.73. The first-order chi connectivity index (χ1) is 7.33. The maximum absolute atomic E-state index is 11.3. The van der Waals surface area contributed by atoms with Crippen LogP contribution < -0.4 is 0 Å². The van der Waals surface area contributed by atoms with E-state index in [1.165, 1.54) is 19.3 Å². The highest BCUT2D eigenvalue weighted by Gasteiger charge is 2.47. The number of carbonyl (C=O) groups is 1. The van der Waals surface area contributed by atoms with Crippen LogP contribution in [0.5, 0.6) is 0 Å². The molecule has 0 bridgehead atoms. The van der Waals surface area contributed by atoms with Gasteiger partial charge in [-0.2, -0.15) is 0 Å². The summed E-state index contributed by atoms with van der Waals surface area (Å²) in [4.78, 5) is 11.3. The largest absolute Gasteiger partial charge is 0.465 e. The normalized spacial score (nSPS) is 33.4. The Morgan fingerprint density at radius 1 is 1.38 bits per heavy atom. The molecule has 0 saturated heterocycles. The zero-order valence-corrected chi connectivity index (χ0v) is 11.4. The van der Waals surface area contributed by atoms with E-state index in [0.29, 0.717) is 18.9 Å². The SMILES string of the molecule is CCC(=O)OCC1(C)C(C)CCCC1(C)C. The summed E-state index contributed by atoms with van der Waals surface area (Å²) >= 11 is 0. The fourth-order valence-electron chi connectivity index (χ4n) is 2.79. The van der Waals surface area contributed by atoms with Crippen LogP contribution in [0.3, 0.4) is 0 Å². The van der Waals surface area contributed by atoms with Gasteiger partial charge in [-0.3, -0.25) is 4.79 Å². The van der Waals surface area contributed by atoms with Gasteiger partial charge in [0.1, 0.15) is 0 Å². The van der Waals surface area contributed by atoms with E-state index in [1.54, 1.807) is 0 Å². The average molecular weight is 226 g/mol. The summed E-state index contributed by atoms with van der Waals surface area (Å²) in [6.45, 7) is 11.6. The quantitative estimate of drug-likeness (QED) is 0.684. The van der Waals surface area contributed by atoms with Gasteiger partial charge < -0.3 is 4.74 Å². The third kappa shape index (κ3) is 2.41. The van der Waals surface area contributed by atoms with E-state index in [9.17, 15) is 4.79 Å². The Bertz CT molecular complexity index is 257. The van der Waals surface area contributed by atoms with Crippen molar-refractivity contribution in [3.63, 3.8) is 0 Å². The number of ether oxygens (including phenoxy) is 1. The molecule has 2 atom stereocenters. The molecule has 1 rings (SSSR count). The standard InChI is InChI=1S/C14H26O2/c1-6-12(15)16-10-14(5)11(2)8-7-9-13(14,3)4/h11H,6-10H2,1-5H3. The lowest BCUT2D eigenvalue weighted by molar-refractivity contribution is -0.154. The van der Waals surface area contributed by atoms with E-state index in [1.807, 2.05) is 6.92 Å². The lowest BCUT2D eigenvalue weighted by Gasteiger charge is -2.51. The molecule has 2 nitrogen and oxygen atoms in total. The Morgan fingerprint density at radius 2 is 2.00 bits per heavy atom. The molecule has 0 amide bonds. The summed E-state index contributed by atoms with van der Waals surface area (Å²) in [5.74, 6) is 0.552. The highest BCUT2D eigenvalue weighted by atomic mass is 16.5.